The summed E-state index contributed by atoms with van der Waals surface area (Å²) in [7, 11) is 0. The number of rotatable bonds is 7. The van der Waals surface area contributed by atoms with Crippen molar-refractivity contribution in [2.75, 3.05) is 0 Å². The maximum absolute atomic E-state index is 6.59. The van der Waals surface area contributed by atoms with E-state index in [1.807, 2.05) is 30.3 Å². The maximum atomic E-state index is 6.59. The first kappa shape index (κ1) is 35.5. The Hall–Kier alpha value is -8.41. The topological polar surface area (TPSA) is 65.0 Å². The normalized spacial score (nSPS) is 11.5. The highest BCUT2D eigenvalue weighted by atomic mass is 16.3. The molecule has 0 aliphatic rings. The van der Waals surface area contributed by atoms with Gasteiger partial charge in [-0.15, -0.1) is 0 Å². The van der Waals surface area contributed by atoms with Crippen LogP contribution in [-0.4, -0.2) is 15.0 Å². The van der Waals surface area contributed by atoms with Gasteiger partial charge >= 0.3 is 0 Å². The van der Waals surface area contributed by atoms with Gasteiger partial charge in [-0.3, -0.25) is 0 Å². The van der Waals surface area contributed by atoms with Crippen molar-refractivity contribution < 1.29 is 8.83 Å². The van der Waals surface area contributed by atoms with Crippen LogP contribution in [0.4, 0.5) is 0 Å². The summed E-state index contributed by atoms with van der Waals surface area (Å²) in [5, 5.41) is 4.09. The van der Waals surface area contributed by atoms with Gasteiger partial charge in [0.2, 0.25) is 0 Å². The second-order valence-corrected chi connectivity index (χ2v) is 15.5. The van der Waals surface area contributed by atoms with E-state index in [2.05, 4.69) is 182 Å². The molecule has 0 unspecified atom stereocenters. The van der Waals surface area contributed by atoms with Gasteiger partial charge in [-0.2, -0.15) is 0 Å². The van der Waals surface area contributed by atoms with Crippen LogP contribution in [0.15, 0.2) is 221 Å². The van der Waals surface area contributed by atoms with Crippen LogP contribution >= 0.6 is 0 Å². The Balaban J connectivity index is 1.06. The van der Waals surface area contributed by atoms with Crippen molar-refractivity contribution in [3.63, 3.8) is 0 Å². The van der Waals surface area contributed by atoms with E-state index < -0.39 is 0 Å². The Bertz CT molecular complexity index is 3530. The minimum Gasteiger partial charge on any atom is -0.456 e. The molecule has 0 aliphatic heterocycles. The quantitative estimate of drug-likeness (QED) is 0.161. The van der Waals surface area contributed by atoms with Crippen LogP contribution in [0.1, 0.15) is 0 Å². The van der Waals surface area contributed by atoms with E-state index >= 15 is 0 Å². The predicted molar refractivity (Wildman–Crippen MR) is 252 cm³/mol. The van der Waals surface area contributed by atoms with Crippen LogP contribution in [0, 0.1) is 0 Å². The number of fused-ring (bicyclic) bond motifs is 6. The first-order valence-electron chi connectivity index (χ1n) is 20.8. The Morgan fingerprint density at radius 2 is 0.661 bits per heavy atom. The number of benzene rings is 9. The maximum Gasteiger partial charge on any atom is 0.164 e. The van der Waals surface area contributed by atoms with Crippen molar-refractivity contribution in [2.45, 2.75) is 0 Å². The monoisotopic (exact) mass is 793 g/mol. The highest BCUT2D eigenvalue weighted by Gasteiger charge is 2.21. The van der Waals surface area contributed by atoms with E-state index in [0.29, 0.717) is 17.5 Å². The lowest BCUT2D eigenvalue weighted by molar-refractivity contribution is 0.669. The third-order valence-electron chi connectivity index (χ3n) is 11.7. The molecular formula is C57H35N3O2. The molecule has 5 nitrogen and oxygen atoms in total. The molecule has 0 bridgehead atoms. The Morgan fingerprint density at radius 3 is 1.23 bits per heavy atom. The summed E-state index contributed by atoms with van der Waals surface area (Å²) in [5.41, 5.74) is 14.7. The molecule has 9 aromatic carbocycles. The number of hydrogen-bond donors (Lipinski definition) is 0. The lowest BCUT2D eigenvalue weighted by atomic mass is 9.94. The third kappa shape index (κ3) is 6.14. The van der Waals surface area contributed by atoms with Gasteiger partial charge in [-0.05, 0) is 87.0 Å². The van der Waals surface area contributed by atoms with Crippen molar-refractivity contribution in [3.8, 4) is 78.7 Å². The molecule has 3 aromatic heterocycles. The first-order valence-corrected chi connectivity index (χ1v) is 20.8. The summed E-state index contributed by atoms with van der Waals surface area (Å²) in [5.74, 6) is 1.74. The minimum atomic E-state index is 0.564. The van der Waals surface area contributed by atoms with E-state index in [1.165, 1.54) is 0 Å². The third-order valence-corrected chi connectivity index (χ3v) is 11.7. The summed E-state index contributed by atoms with van der Waals surface area (Å²) < 4.78 is 13.1. The largest absolute Gasteiger partial charge is 0.456 e. The molecule has 12 aromatic rings. The standard InChI is InChI=1S/C57H35N3O2/c1-4-15-36(16-5-1)39-21-10-23-42(33-39)55-58-56(43-24-11-22-40(34-43)37-17-6-2-7-18-37)60-57(59-55)46-27-14-28-49-52(46)47-35-41(31-32-48(47)61-49)45-26-13-30-51-54(45)53-44(25-12-29-50(53)62-51)38-19-8-3-9-20-38/h1-35H. The first-order chi connectivity index (χ1) is 30.7. The van der Waals surface area contributed by atoms with E-state index in [-0.39, 0.29) is 0 Å². The second kappa shape index (κ2) is 14.7. The molecule has 0 saturated heterocycles. The molecule has 0 radical (unpaired) electrons. The van der Waals surface area contributed by atoms with Gasteiger partial charge in [0.1, 0.15) is 22.3 Å². The summed E-state index contributed by atoms with van der Waals surface area (Å²) in [6.45, 7) is 0. The zero-order valence-corrected chi connectivity index (χ0v) is 33.4. The molecule has 290 valence electrons. The molecule has 0 amide bonds. The molecule has 3 heterocycles. The van der Waals surface area contributed by atoms with Crippen LogP contribution in [0.5, 0.6) is 0 Å². The molecule has 0 N–H and O–H groups in total. The number of aromatic nitrogens is 3. The van der Waals surface area contributed by atoms with Gasteiger partial charge in [0, 0.05) is 38.2 Å². The molecule has 0 atom stereocenters. The van der Waals surface area contributed by atoms with E-state index in [4.69, 9.17) is 23.8 Å². The predicted octanol–water partition coefficient (Wildman–Crippen LogP) is 15.3. The van der Waals surface area contributed by atoms with E-state index in [9.17, 15) is 0 Å². The smallest absolute Gasteiger partial charge is 0.164 e. The zero-order valence-electron chi connectivity index (χ0n) is 33.4. The van der Waals surface area contributed by atoms with Crippen LogP contribution in [0.25, 0.3) is 123 Å². The van der Waals surface area contributed by atoms with Crippen LogP contribution < -0.4 is 0 Å². The Labute approximate surface area is 357 Å². The van der Waals surface area contributed by atoms with Crippen molar-refractivity contribution in [2.24, 2.45) is 0 Å². The number of furan rings is 2. The molecule has 12 rings (SSSR count). The molecule has 5 heteroatoms. The lowest BCUT2D eigenvalue weighted by Crippen LogP contribution is -2.00. The summed E-state index contributed by atoms with van der Waals surface area (Å²) >= 11 is 0. The van der Waals surface area contributed by atoms with E-state index in [1.54, 1.807) is 0 Å². The molecule has 0 spiro atoms. The van der Waals surface area contributed by atoms with Crippen molar-refractivity contribution >= 4 is 43.9 Å². The number of hydrogen-bond acceptors (Lipinski definition) is 5. The number of nitrogens with zero attached hydrogens (tertiary/aromatic N) is 3. The van der Waals surface area contributed by atoms with Crippen molar-refractivity contribution in [3.05, 3.63) is 212 Å². The summed E-state index contributed by atoms with van der Waals surface area (Å²) in [6, 6.07) is 73.3. The van der Waals surface area contributed by atoms with Crippen LogP contribution in [-0.2, 0) is 0 Å². The van der Waals surface area contributed by atoms with Gasteiger partial charge in [0.25, 0.3) is 0 Å². The fourth-order valence-electron chi connectivity index (χ4n) is 8.84. The Kier molecular flexibility index (Phi) is 8.42. The fourth-order valence-corrected chi connectivity index (χ4v) is 8.84. The average Bonchev–Trinajstić information content (AvgIpc) is 3.93. The highest BCUT2D eigenvalue weighted by molar-refractivity contribution is 6.19. The fraction of sp³-hybridized carbons (Fsp3) is 0. The van der Waals surface area contributed by atoms with Gasteiger partial charge < -0.3 is 8.83 Å². The molecule has 0 aliphatic carbocycles. The molecule has 62 heavy (non-hydrogen) atoms. The average molecular weight is 794 g/mol. The van der Waals surface area contributed by atoms with Gasteiger partial charge in [-0.25, -0.2) is 15.0 Å². The highest BCUT2D eigenvalue weighted by Crippen LogP contribution is 2.44. The van der Waals surface area contributed by atoms with Gasteiger partial charge in [0.15, 0.2) is 17.5 Å². The molecule has 0 fully saturated rings. The van der Waals surface area contributed by atoms with Crippen molar-refractivity contribution in [1.29, 1.82) is 0 Å². The molecule has 0 saturated carbocycles. The minimum absolute atomic E-state index is 0.564. The van der Waals surface area contributed by atoms with Gasteiger partial charge in [-0.1, -0.05) is 170 Å². The van der Waals surface area contributed by atoms with Crippen LogP contribution in [0.2, 0.25) is 0 Å². The van der Waals surface area contributed by atoms with Gasteiger partial charge in [0.05, 0.1) is 0 Å². The summed E-state index contributed by atoms with van der Waals surface area (Å²) in [4.78, 5) is 15.7. The zero-order chi connectivity index (χ0) is 41.0. The van der Waals surface area contributed by atoms with Crippen LogP contribution in [0.3, 0.4) is 0 Å². The SMILES string of the molecule is c1ccc(-c2cccc(-c3nc(-c4cccc(-c5ccccc5)c4)nc(-c4cccc5oc6ccc(-c7cccc8oc9cccc(-c%10ccccc%10)c9c78)cc6c45)n3)c2)cc1. The second-order valence-electron chi connectivity index (χ2n) is 15.5. The van der Waals surface area contributed by atoms with E-state index in [0.717, 1.165) is 105 Å². The Morgan fingerprint density at radius 1 is 0.242 bits per heavy atom. The lowest BCUT2D eigenvalue weighted by Gasteiger charge is -2.11. The van der Waals surface area contributed by atoms with Crippen molar-refractivity contribution in [1.82, 2.24) is 15.0 Å². The summed E-state index contributed by atoms with van der Waals surface area (Å²) in [6.07, 6.45) is 0. The molecular weight excluding hydrogens is 759 g/mol.